The summed E-state index contributed by atoms with van der Waals surface area (Å²) in [6.45, 7) is 0.274. The van der Waals surface area contributed by atoms with Crippen LogP contribution in [0.5, 0.6) is 11.9 Å². The number of nitrogens with zero attached hydrogens (tertiary/aromatic N) is 5. The van der Waals surface area contributed by atoms with E-state index in [2.05, 4.69) is 30.7 Å². The van der Waals surface area contributed by atoms with Crippen molar-refractivity contribution in [3.05, 3.63) is 46.8 Å². The normalized spacial score (nSPS) is 11.2. The summed E-state index contributed by atoms with van der Waals surface area (Å²) in [5, 5.41) is 22.8. The quantitative estimate of drug-likeness (QED) is 0.147. The van der Waals surface area contributed by atoms with Crippen LogP contribution in [0, 0.1) is 0 Å². The number of hydrogen-bond donors (Lipinski definition) is 1. The lowest BCUT2D eigenvalue weighted by Crippen LogP contribution is -2.07. The molecule has 1 N–H and O–H groups in total. The lowest BCUT2D eigenvalue weighted by Gasteiger charge is -2.01. The van der Waals surface area contributed by atoms with Gasteiger partial charge in [0.1, 0.15) is 10.0 Å². The number of nitrogens with one attached hydrogen (secondary N) is 1. The van der Waals surface area contributed by atoms with Gasteiger partial charge in [0.25, 0.3) is 11.9 Å². The monoisotopic (exact) mass is 446 g/mol. The van der Waals surface area contributed by atoms with E-state index in [4.69, 9.17) is 18.3 Å². The second-order valence-corrected chi connectivity index (χ2v) is 7.97. The molecule has 4 rings (SSSR count). The highest BCUT2D eigenvalue weighted by atomic mass is 32.1. The summed E-state index contributed by atoms with van der Waals surface area (Å²) in [5.41, 5.74) is 0. The Morgan fingerprint density at radius 3 is 2.43 bits per heavy atom. The number of aryl methyl sites for hydroxylation is 2. The Bertz CT molecular complexity index is 1030. The minimum absolute atomic E-state index is 0.274. The molecule has 30 heavy (non-hydrogen) atoms. The molecule has 0 aromatic carbocycles. The van der Waals surface area contributed by atoms with E-state index in [1.54, 1.807) is 30.5 Å². The minimum atomic E-state index is 0.274. The Balaban J connectivity index is 1.12. The van der Waals surface area contributed by atoms with Gasteiger partial charge in [0, 0.05) is 25.0 Å². The lowest BCUT2D eigenvalue weighted by atomic mass is 10.2. The summed E-state index contributed by atoms with van der Waals surface area (Å²) in [4.78, 5) is 4.12. The first-order chi connectivity index (χ1) is 14.8. The Kier molecular flexibility index (Phi) is 7.02. The van der Waals surface area contributed by atoms with Gasteiger partial charge in [-0.3, -0.25) is 0 Å². The SMILES string of the molecule is C(=Nc1nnc(CCCCc2nnc(NCOc3ccco3)s2)s1)Oc1ccco1. The molecule has 0 bridgehead atoms. The number of hydrogen-bond acceptors (Lipinski definition) is 12. The zero-order valence-electron chi connectivity index (χ0n) is 15.8. The largest absolute Gasteiger partial charge is 0.444 e. The molecule has 0 aliphatic rings. The molecule has 4 aromatic heterocycles. The predicted molar refractivity (Wildman–Crippen MR) is 112 cm³/mol. The molecule has 0 spiro atoms. The van der Waals surface area contributed by atoms with Gasteiger partial charge >= 0.3 is 0 Å². The molecule has 0 aliphatic carbocycles. The molecule has 4 heterocycles. The first-order valence-electron chi connectivity index (χ1n) is 9.13. The number of aliphatic imine (C=N–C) groups is 1. The average Bonchev–Trinajstić information content (AvgIpc) is 3.54. The second kappa shape index (κ2) is 10.5. The number of aromatic nitrogens is 4. The summed E-state index contributed by atoms with van der Waals surface area (Å²) in [7, 11) is 0. The predicted octanol–water partition coefficient (Wildman–Crippen LogP) is 4.33. The fraction of sp³-hybridized carbons (Fsp3) is 0.278. The van der Waals surface area contributed by atoms with Crippen LogP contribution < -0.4 is 14.8 Å². The molecular formula is C18H18N6O4S2. The van der Waals surface area contributed by atoms with Gasteiger partial charge in [0.05, 0.1) is 12.5 Å². The van der Waals surface area contributed by atoms with Gasteiger partial charge in [-0.2, -0.15) is 4.99 Å². The minimum Gasteiger partial charge on any atom is -0.444 e. The van der Waals surface area contributed by atoms with E-state index in [1.807, 2.05) is 0 Å². The Morgan fingerprint density at radius 2 is 1.67 bits per heavy atom. The molecule has 0 saturated carbocycles. The fourth-order valence-corrected chi connectivity index (χ4v) is 3.83. The van der Waals surface area contributed by atoms with Crippen molar-refractivity contribution in [2.75, 3.05) is 12.0 Å². The van der Waals surface area contributed by atoms with Gasteiger partial charge in [0.15, 0.2) is 13.1 Å². The van der Waals surface area contributed by atoms with Crippen LogP contribution in [0.25, 0.3) is 0 Å². The Hall–Kier alpha value is -3.25. The second-order valence-electron chi connectivity index (χ2n) is 5.87. The highest BCUT2D eigenvalue weighted by Crippen LogP contribution is 2.21. The van der Waals surface area contributed by atoms with Crippen LogP contribution in [-0.4, -0.2) is 33.5 Å². The highest BCUT2D eigenvalue weighted by Gasteiger charge is 2.06. The van der Waals surface area contributed by atoms with Crippen LogP contribution in [0.4, 0.5) is 10.3 Å². The van der Waals surface area contributed by atoms with Crippen molar-refractivity contribution in [3.8, 4) is 11.9 Å². The lowest BCUT2D eigenvalue weighted by molar-refractivity contribution is 0.262. The van der Waals surface area contributed by atoms with Crippen LogP contribution in [0.2, 0.25) is 0 Å². The topological polar surface area (TPSA) is 121 Å². The third-order valence-corrected chi connectivity index (χ3v) is 5.55. The van der Waals surface area contributed by atoms with Crippen LogP contribution in [0.3, 0.4) is 0 Å². The molecule has 0 aliphatic heterocycles. The highest BCUT2D eigenvalue weighted by molar-refractivity contribution is 7.15. The molecule has 156 valence electrons. The number of rotatable bonds is 12. The van der Waals surface area contributed by atoms with Crippen molar-refractivity contribution >= 4 is 39.3 Å². The Labute approximate surface area is 179 Å². The standard InChI is InChI=1S/C18H18N6O4S2/c1(5-13-21-23-17(29-13)19-11-27-15-7-3-9-25-15)2-6-14-22-24-18(30-14)20-12-28-16-8-4-10-26-16/h3-4,7-11H,1-2,5-6,12H2,(H,20,24). The number of anilines is 1. The van der Waals surface area contributed by atoms with Crippen LogP contribution in [0.15, 0.2) is 50.6 Å². The molecule has 0 atom stereocenters. The maximum atomic E-state index is 5.38. The van der Waals surface area contributed by atoms with Crippen molar-refractivity contribution in [3.63, 3.8) is 0 Å². The molecule has 0 saturated heterocycles. The van der Waals surface area contributed by atoms with E-state index in [-0.39, 0.29) is 6.73 Å². The van der Waals surface area contributed by atoms with Gasteiger partial charge in [-0.15, -0.1) is 20.4 Å². The van der Waals surface area contributed by atoms with Gasteiger partial charge in [-0.25, -0.2) is 0 Å². The van der Waals surface area contributed by atoms with E-state index in [1.165, 1.54) is 35.3 Å². The van der Waals surface area contributed by atoms with Crippen molar-refractivity contribution in [1.82, 2.24) is 20.4 Å². The van der Waals surface area contributed by atoms with Crippen molar-refractivity contribution in [1.29, 1.82) is 0 Å². The van der Waals surface area contributed by atoms with E-state index in [0.29, 0.717) is 17.0 Å². The smallest absolute Gasteiger partial charge is 0.290 e. The van der Waals surface area contributed by atoms with Crippen LogP contribution in [-0.2, 0) is 12.8 Å². The molecule has 0 amide bonds. The zero-order chi connectivity index (χ0) is 20.4. The first-order valence-corrected chi connectivity index (χ1v) is 10.8. The number of ether oxygens (including phenoxy) is 2. The number of furan rings is 2. The summed E-state index contributed by atoms with van der Waals surface area (Å²) in [6, 6.07) is 6.95. The van der Waals surface area contributed by atoms with Crippen molar-refractivity contribution in [2.45, 2.75) is 25.7 Å². The van der Waals surface area contributed by atoms with Crippen LogP contribution in [0.1, 0.15) is 22.9 Å². The molecule has 0 fully saturated rings. The molecule has 0 radical (unpaired) electrons. The van der Waals surface area contributed by atoms with Gasteiger partial charge in [0.2, 0.25) is 10.3 Å². The van der Waals surface area contributed by atoms with Gasteiger partial charge in [-0.05, 0) is 25.0 Å². The van der Waals surface area contributed by atoms with E-state index in [0.717, 1.165) is 40.8 Å². The first kappa shape index (κ1) is 20.0. The van der Waals surface area contributed by atoms with Gasteiger partial charge in [-0.1, -0.05) is 22.7 Å². The zero-order valence-corrected chi connectivity index (χ0v) is 17.4. The molecule has 10 nitrogen and oxygen atoms in total. The summed E-state index contributed by atoms with van der Waals surface area (Å²) < 4.78 is 20.7. The molecule has 4 aromatic rings. The van der Waals surface area contributed by atoms with Crippen LogP contribution >= 0.6 is 22.7 Å². The third kappa shape index (κ3) is 6.12. The van der Waals surface area contributed by atoms with Crippen molar-refractivity contribution in [2.24, 2.45) is 4.99 Å². The third-order valence-electron chi connectivity index (χ3n) is 3.71. The fourth-order valence-electron chi connectivity index (χ4n) is 2.34. The molecule has 0 unspecified atom stereocenters. The van der Waals surface area contributed by atoms with E-state index in [9.17, 15) is 0 Å². The van der Waals surface area contributed by atoms with E-state index >= 15 is 0 Å². The van der Waals surface area contributed by atoms with Crippen molar-refractivity contribution < 1.29 is 18.3 Å². The summed E-state index contributed by atoms with van der Waals surface area (Å²) in [6.07, 6.45) is 8.05. The summed E-state index contributed by atoms with van der Waals surface area (Å²) >= 11 is 2.96. The molecular weight excluding hydrogens is 428 g/mol. The molecule has 12 heteroatoms. The maximum Gasteiger partial charge on any atom is 0.290 e. The maximum absolute atomic E-state index is 5.38. The number of unbranched alkanes of at least 4 members (excludes halogenated alkanes) is 1. The Morgan fingerprint density at radius 1 is 0.933 bits per heavy atom. The van der Waals surface area contributed by atoms with Gasteiger partial charge < -0.3 is 23.6 Å². The summed E-state index contributed by atoms with van der Waals surface area (Å²) in [5.74, 6) is 0.839. The average molecular weight is 447 g/mol. The van der Waals surface area contributed by atoms with E-state index < -0.39 is 0 Å².